The molecule has 0 spiro atoms. The van der Waals surface area contributed by atoms with Crippen molar-refractivity contribution in [1.82, 2.24) is 0 Å². The first-order valence-corrected chi connectivity index (χ1v) is 4.36. The Balaban J connectivity index is 2.94. The number of amides is 1. The summed E-state index contributed by atoms with van der Waals surface area (Å²) in [6.45, 7) is 1.59. The second kappa shape index (κ2) is 4.30. The maximum absolute atomic E-state index is 10.3. The van der Waals surface area contributed by atoms with Gasteiger partial charge in [0.05, 0.1) is 6.10 Å². The number of anilines is 1. The zero-order valence-electron chi connectivity index (χ0n) is 7.49. The minimum Gasteiger partial charge on any atom is -0.465 e. The predicted octanol–water partition coefficient (Wildman–Crippen LogP) is 2.48. The second-order valence-electron chi connectivity index (χ2n) is 2.84. The Kier molecular flexibility index (Phi) is 3.33. The van der Waals surface area contributed by atoms with Crippen molar-refractivity contribution in [2.24, 2.45) is 0 Å². The first-order chi connectivity index (χ1) is 6.50. The lowest BCUT2D eigenvalue weighted by Crippen LogP contribution is -2.07. The van der Waals surface area contributed by atoms with Gasteiger partial charge in [0, 0.05) is 10.7 Å². The molecule has 14 heavy (non-hydrogen) atoms. The quantitative estimate of drug-likeness (QED) is 0.710. The van der Waals surface area contributed by atoms with Crippen molar-refractivity contribution in [2.45, 2.75) is 13.0 Å². The van der Waals surface area contributed by atoms with Crippen molar-refractivity contribution >= 4 is 23.4 Å². The molecule has 0 radical (unpaired) electrons. The molecule has 76 valence electrons. The van der Waals surface area contributed by atoms with Crippen molar-refractivity contribution in [1.29, 1.82) is 0 Å². The average molecular weight is 216 g/mol. The molecule has 4 nitrogen and oxygen atoms in total. The van der Waals surface area contributed by atoms with Crippen molar-refractivity contribution in [3.8, 4) is 0 Å². The van der Waals surface area contributed by atoms with Crippen LogP contribution in [0.5, 0.6) is 0 Å². The summed E-state index contributed by atoms with van der Waals surface area (Å²) in [7, 11) is 0. The maximum atomic E-state index is 10.3. The molecule has 3 N–H and O–H groups in total. The van der Waals surface area contributed by atoms with Gasteiger partial charge in [-0.1, -0.05) is 17.7 Å². The smallest absolute Gasteiger partial charge is 0.409 e. The van der Waals surface area contributed by atoms with Crippen molar-refractivity contribution in [3.63, 3.8) is 0 Å². The van der Waals surface area contributed by atoms with Gasteiger partial charge in [-0.05, 0) is 24.6 Å². The predicted molar refractivity (Wildman–Crippen MR) is 53.7 cm³/mol. The highest BCUT2D eigenvalue weighted by Crippen LogP contribution is 2.25. The van der Waals surface area contributed by atoms with Crippen LogP contribution in [0.3, 0.4) is 0 Å². The van der Waals surface area contributed by atoms with E-state index in [2.05, 4.69) is 5.32 Å². The summed E-state index contributed by atoms with van der Waals surface area (Å²) in [4.78, 5) is 10.3. The third kappa shape index (κ3) is 2.61. The monoisotopic (exact) mass is 215 g/mol. The van der Waals surface area contributed by atoms with Crippen LogP contribution in [0.2, 0.25) is 5.02 Å². The molecule has 5 heteroatoms. The number of nitrogens with one attached hydrogen (secondary N) is 1. The first-order valence-electron chi connectivity index (χ1n) is 3.98. The fourth-order valence-corrected chi connectivity index (χ4v) is 1.41. The second-order valence-corrected chi connectivity index (χ2v) is 3.25. The number of hydrogen-bond acceptors (Lipinski definition) is 2. The van der Waals surface area contributed by atoms with Crippen LogP contribution in [-0.2, 0) is 0 Å². The molecule has 0 saturated heterocycles. The molecule has 0 aliphatic rings. The van der Waals surface area contributed by atoms with E-state index in [0.29, 0.717) is 16.3 Å². The zero-order valence-corrected chi connectivity index (χ0v) is 8.25. The number of rotatable bonds is 2. The Bertz CT molecular complexity index is 352. The van der Waals surface area contributed by atoms with E-state index in [1.54, 1.807) is 19.1 Å². The Labute approximate surface area is 86.1 Å². The van der Waals surface area contributed by atoms with E-state index >= 15 is 0 Å². The number of aliphatic hydroxyl groups is 1. The van der Waals surface area contributed by atoms with Gasteiger partial charge in [-0.2, -0.15) is 0 Å². The SMILES string of the molecule is CC(O)c1ccc(NC(=O)O)cc1Cl. The average Bonchev–Trinajstić information content (AvgIpc) is 2.01. The van der Waals surface area contributed by atoms with Gasteiger partial charge in [-0.15, -0.1) is 0 Å². The van der Waals surface area contributed by atoms with Crippen LogP contribution in [0, 0.1) is 0 Å². The minimum absolute atomic E-state index is 0.339. The van der Waals surface area contributed by atoms with E-state index in [1.165, 1.54) is 6.07 Å². The summed E-state index contributed by atoms with van der Waals surface area (Å²) in [6, 6.07) is 4.58. The summed E-state index contributed by atoms with van der Waals surface area (Å²) in [5.74, 6) is 0. The normalized spacial score (nSPS) is 12.2. The van der Waals surface area contributed by atoms with Crippen molar-refractivity contribution < 1.29 is 15.0 Å². The molecular weight excluding hydrogens is 206 g/mol. The molecular formula is C9H10ClNO3. The van der Waals surface area contributed by atoms with Gasteiger partial charge >= 0.3 is 6.09 Å². The third-order valence-electron chi connectivity index (χ3n) is 1.70. The lowest BCUT2D eigenvalue weighted by atomic mass is 10.1. The van der Waals surface area contributed by atoms with Gasteiger partial charge < -0.3 is 10.2 Å². The van der Waals surface area contributed by atoms with Crippen molar-refractivity contribution in [2.75, 3.05) is 5.32 Å². The number of benzene rings is 1. The van der Waals surface area contributed by atoms with Gasteiger partial charge in [0.1, 0.15) is 0 Å². The topological polar surface area (TPSA) is 69.6 Å². The van der Waals surface area contributed by atoms with Crippen LogP contribution >= 0.6 is 11.6 Å². The summed E-state index contributed by atoms with van der Waals surface area (Å²) in [5, 5.41) is 20.2. The molecule has 1 aromatic carbocycles. The maximum Gasteiger partial charge on any atom is 0.409 e. The fourth-order valence-electron chi connectivity index (χ4n) is 1.07. The van der Waals surface area contributed by atoms with Crippen LogP contribution in [0.15, 0.2) is 18.2 Å². The molecule has 0 aliphatic heterocycles. The van der Waals surface area contributed by atoms with E-state index in [9.17, 15) is 9.90 Å². The van der Waals surface area contributed by atoms with Crippen LogP contribution in [-0.4, -0.2) is 16.3 Å². The van der Waals surface area contributed by atoms with E-state index in [-0.39, 0.29) is 0 Å². The number of halogens is 1. The Morgan fingerprint density at radius 2 is 2.21 bits per heavy atom. The molecule has 1 unspecified atom stereocenters. The molecule has 0 saturated carbocycles. The fraction of sp³-hybridized carbons (Fsp3) is 0.222. The zero-order chi connectivity index (χ0) is 10.7. The van der Waals surface area contributed by atoms with Gasteiger partial charge in [-0.3, -0.25) is 5.32 Å². The molecule has 1 atom stereocenters. The molecule has 1 aromatic rings. The van der Waals surface area contributed by atoms with Crippen molar-refractivity contribution in [3.05, 3.63) is 28.8 Å². The third-order valence-corrected chi connectivity index (χ3v) is 2.03. The summed E-state index contributed by atoms with van der Waals surface area (Å²) < 4.78 is 0. The number of carboxylic acid groups (broad SMARTS) is 1. The Morgan fingerprint density at radius 1 is 1.57 bits per heavy atom. The van der Waals surface area contributed by atoms with Gasteiger partial charge in [0.2, 0.25) is 0 Å². The van der Waals surface area contributed by atoms with Crippen LogP contribution in [0.25, 0.3) is 0 Å². The van der Waals surface area contributed by atoms with E-state index in [1.807, 2.05) is 0 Å². The van der Waals surface area contributed by atoms with Gasteiger partial charge in [-0.25, -0.2) is 4.79 Å². The lowest BCUT2D eigenvalue weighted by molar-refractivity contribution is 0.199. The standard InChI is InChI=1S/C9H10ClNO3/c1-5(12)7-3-2-6(4-8(7)10)11-9(13)14/h2-5,11-12H,1H3,(H,13,14). The molecule has 0 aromatic heterocycles. The van der Waals surface area contributed by atoms with Crippen LogP contribution in [0.4, 0.5) is 10.5 Å². The molecule has 1 rings (SSSR count). The van der Waals surface area contributed by atoms with Gasteiger partial charge in [0.15, 0.2) is 0 Å². The minimum atomic E-state index is -1.15. The molecule has 0 heterocycles. The molecule has 0 fully saturated rings. The largest absolute Gasteiger partial charge is 0.465 e. The summed E-state index contributed by atoms with van der Waals surface area (Å²) in [5.41, 5.74) is 0.953. The highest BCUT2D eigenvalue weighted by molar-refractivity contribution is 6.31. The number of carbonyl (C=O) groups is 1. The van der Waals surface area contributed by atoms with Gasteiger partial charge in [0.25, 0.3) is 0 Å². The highest BCUT2D eigenvalue weighted by Gasteiger charge is 2.07. The molecule has 0 bridgehead atoms. The Morgan fingerprint density at radius 3 is 2.64 bits per heavy atom. The number of aliphatic hydroxyl groups excluding tert-OH is 1. The van der Waals surface area contributed by atoms with E-state index in [4.69, 9.17) is 16.7 Å². The summed E-state index contributed by atoms with van der Waals surface area (Å²) in [6.07, 6.45) is -1.81. The summed E-state index contributed by atoms with van der Waals surface area (Å²) >= 11 is 5.81. The molecule has 1 amide bonds. The Hall–Kier alpha value is -1.26. The lowest BCUT2D eigenvalue weighted by Gasteiger charge is -2.08. The highest BCUT2D eigenvalue weighted by atomic mass is 35.5. The number of hydrogen-bond donors (Lipinski definition) is 3. The van der Waals surface area contributed by atoms with E-state index in [0.717, 1.165) is 0 Å². The molecule has 0 aliphatic carbocycles. The van der Waals surface area contributed by atoms with E-state index < -0.39 is 12.2 Å². The first kappa shape index (κ1) is 10.8. The van der Waals surface area contributed by atoms with Crippen LogP contribution in [0.1, 0.15) is 18.6 Å². The van der Waals surface area contributed by atoms with Crippen LogP contribution < -0.4 is 5.32 Å².